The van der Waals surface area contributed by atoms with Crippen molar-refractivity contribution in [3.63, 3.8) is 0 Å². The van der Waals surface area contributed by atoms with Gasteiger partial charge in [-0.05, 0) is 5.56 Å². The predicted octanol–water partition coefficient (Wildman–Crippen LogP) is 1.52. The summed E-state index contributed by atoms with van der Waals surface area (Å²) in [5.41, 5.74) is 6.19. The summed E-state index contributed by atoms with van der Waals surface area (Å²) >= 11 is 0. The lowest BCUT2D eigenvalue weighted by molar-refractivity contribution is 0.814. The van der Waals surface area contributed by atoms with Crippen molar-refractivity contribution in [2.24, 2.45) is 0 Å². The molecule has 2 heterocycles. The minimum absolute atomic E-state index is 0.734. The van der Waals surface area contributed by atoms with Crippen LogP contribution in [0.1, 0.15) is 5.56 Å². The van der Waals surface area contributed by atoms with Gasteiger partial charge < -0.3 is 5.43 Å². The summed E-state index contributed by atoms with van der Waals surface area (Å²) < 4.78 is 1.84. The highest BCUT2D eigenvalue weighted by atomic mass is 15.4. The topological polar surface area (TPSA) is 55.6 Å². The van der Waals surface area contributed by atoms with Crippen LogP contribution in [0.3, 0.4) is 0 Å². The summed E-state index contributed by atoms with van der Waals surface area (Å²) in [4.78, 5) is 4.10. The van der Waals surface area contributed by atoms with Gasteiger partial charge in [-0.2, -0.15) is 5.10 Å². The van der Waals surface area contributed by atoms with E-state index in [1.54, 1.807) is 18.7 Å². The molecule has 0 unspecified atom stereocenters. The molecule has 0 atom stereocenters. The predicted molar refractivity (Wildman–Crippen MR) is 63.9 cm³/mol. The second-order valence-electron chi connectivity index (χ2n) is 3.70. The second kappa shape index (κ2) is 4.21. The lowest BCUT2D eigenvalue weighted by Gasteiger charge is -2.12. The molecule has 0 saturated heterocycles. The van der Waals surface area contributed by atoms with Gasteiger partial charge in [0, 0.05) is 0 Å². The van der Waals surface area contributed by atoms with Crippen molar-refractivity contribution in [2.75, 3.05) is 5.43 Å². The number of aromatic nitrogens is 4. The standard InChI is InChI=1S/C12H11N5/c1-2-4-10(5-3-1)6-15-17-9-13-7-11-12(17)8-14-16-11/h1-5,7-9,15H,6H2. The third kappa shape index (κ3) is 1.94. The highest BCUT2D eigenvalue weighted by molar-refractivity contribution is 5.52. The van der Waals surface area contributed by atoms with Crippen molar-refractivity contribution in [1.29, 1.82) is 0 Å². The average Bonchev–Trinajstić information content (AvgIpc) is 2.86. The number of hydrogen-bond acceptors (Lipinski definition) is 4. The van der Waals surface area contributed by atoms with E-state index in [0.29, 0.717) is 0 Å². The Hall–Kier alpha value is -2.43. The highest BCUT2D eigenvalue weighted by Gasteiger charge is 2.08. The summed E-state index contributed by atoms with van der Waals surface area (Å²) in [5, 5.41) is 7.83. The Morgan fingerprint density at radius 2 is 2.00 bits per heavy atom. The monoisotopic (exact) mass is 225 g/mol. The van der Waals surface area contributed by atoms with Crippen LogP contribution in [0.25, 0.3) is 11.4 Å². The number of hydrogen-bond donors (Lipinski definition) is 1. The Morgan fingerprint density at radius 1 is 1.12 bits per heavy atom. The van der Waals surface area contributed by atoms with Crippen molar-refractivity contribution in [3.8, 4) is 11.4 Å². The molecule has 1 aromatic rings. The molecule has 0 fully saturated rings. The van der Waals surface area contributed by atoms with Crippen molar-refractivity contribution < 1.29 is 0 Å². The molecule has 0 saturated carbocycles. The van der Waals surface area contributed by atoms with Gasteiger partial charge in [0.2, 0.25) is 0 Å². The van der Waals surface area contributed by atoms with Crippen LogP contribution in [-0.2, 0) is 6.54 Å². The van der Waals surface area contributed by atoms with Crippen LogP contribution in [0.5, 0.6) is 0 Å². The fraction of sp³-hybridized carbons (Fsp3) is 0.0833. The van der Waals surface area contributed by atoms with Crippen molar-refractivity contribution in [1.82, 2.24) is 19.9 Å². The van der Waals surface area contributed by atoms with Crippen LogP contribution >= 0.6 is 0 Å². The molecule has 5 nitrogen and oxygen atoms in total. The van der Waals surface area contributed by atoms with Gasteiger partial charge in [0.15, 0.2) is 0 Å². The van der Waals surface area contributed by atoms with Gasteiger partial charge in [0.25, 0.3) is 0 Å². The van der Waals surface area contributed by atoms with Gasteiger partial charge in [0.1, 0.15) is 17.7 Å². The molecule has 0 bridgehead atoms. The molecule has 0 spiro atoms. The van der Waals surface area contributed by atoms with Crippen molar-refractivity contribution >= 4 is 0 Å². The molecular formula is C12H11N5. The maximum absolute atomic E-state index is 4.10. The molecule has 1 N–H and O–H groups in total. The quantitative estimate of drug-likeness (QED) is 0.734. The first-order chi connectivity index (χ1) is 8.43. The van der Waals surface area contributed by atoms with Crippen LogP contribution in [-0.4, -0.2) is 19.9 Å². The maximum atomic E-state index is 4.10. The third-order valence-corrected chi connectivity index (χ3v) is 2.54. The molecule has 5 heteroatoms. The Balaban J connectivity index is 1.80. The molecule has 0 aromatic heterocycles. The lowest BCUT2D eigenvalue weighted by Crippen LogP contribution is -2.16. The minimum atomic E-state index is 0.734. The van der Waals surface area contributed by atoms with Crippen molar-refractivity contribution in [3.05, 3.63) is 54.6 Å². The third-order valence-electron chi connectivity index (χ3n) is 2.54. The minimum Gasteiger partial charge on any atom is -0.320 e. The molecule has 0 radical (unpaired) electrons. The lowest BCUT2D eigenvalue weighted by atomic mass is 10.2. The van der Waals surface area contributed by atoms with E-state index in [1.165, 1.54) is 5.56 Å². The van der Waals surface area contributed by atoms with E-state index in [2.05, 4.69) is 32.7 Å². The average molecular weight is 225 g/mol. The maximum Gasteiger partial charge on any atom is 0.131 e. The second-order valence-corrected chi connectivity index (χ2v) is 3.70. The van der Waals surface area contributed by atoms with E-state index >= 15 is 0 Å². The van der Waals surface area contributed by atoms with Gasteiger partial charge in [0.05, 0.1) is 18.9 Å². The molecule has 2 aliphatic rings. The highest BCUT2D eigenvalue weighted by Crippen LogP contribution is 2.14. The molecule has 0 aliphatic carbocycles. The number of nitrogens with one attached hydrogen (secondary N) is 1. The summed E-state index contributed by atoms with van der Waals surface area (Å²) in [6.07, 6.45) is 5.13. The van der Waals surface area contributed by atoms with E-state index in [9.17, 15) is 0 Å². The van der Waals surface area contributed by atoms with Crippen LogP contribution in [0.4, 0.5) is 0 Å². The van der Waals surface area contributed by atoms with Gasteiger partial charge in [-0.1, -0.05) is 30.3 Å². The van der Waals surface area contributed by atoms with Gasteiger partial charge in [-0.25, -0.2) is 9.66 Å². The van der Waals surface area contributed by atoms with Crippen molar-refractivity contribution in [2.45, 2.75) is 6.54 Å². The smallest absolute Gasteiger partial charge is 0.131 e. The van der Waals surface area contributed by atoms with E-state index in [0.717, 1.165) is 17.9 Å². The zero-order chi connectivity index (χ0) is 11.5. The van der Waals surface area contributed by atoms with Crippen LogP contribution in [0.2, 0.25) is 0 Å². The summed E-state index contributed by atoms with van der Waals surface area (Å²) in [6.45, 7) is 0.734. The molecule has 2 aliphatic heterocycles. The molecule has 0 amide bonds. The SMILES string of the molecule is c1ccc(CNn2cncc3nncc2-3)cc1. The zero-order valence-corrected chi connectivity index (χ0v) is 9.11. The Labute approximate surface area is 98.5 Å². The van der Waals surface area contributed by atoms with E-state index in [4.69, 9.17) is 0 Å². The van der Waals surface area contributed by atoms with E-state index < -0.39 is 0 Å². The Kier molecular flexibility index (Phi) is 2.42. The van der Waals surface area contributed by atoms with E-state index in [1.807, 2.05) is 22.9 Å². The molecule has 3 rings (SSSR count). The van der Waals surface area contributed by atoms with E-state index in [-0.39, 0.29) is 0 Å². The molecular weight excluding hydrogens is 214 g/mol. The van der Waals surface area contributed by atoms with Crippen LogP contribution in [0, 0.1) is 0 Å². The molecule has 17 heavy (non-hydrogen) atoms. The van der Waals surface area contributed by atoms with Crippen LogP contribution < -0.4 is 5.43 Å². The fourth-order valence-corrected chi connectivity index (χ4v) is 1.67. The Bertz CT molecular complexity index is 575. The summed E-state index contributed by atoms with van der Waals surface area (Å²) in [5.74, 6) is 0. The number of benzene rings is 1. The zero-order valence-electron chi connectivity index (χ0n) is 9.11. The summed E-state index contributed by atoms with van der Waals surface area (Å²) in [7, 11) is 0. The first-order valence-electron chi connectivity index (χ1n) is 5.35. The van der Waals surface area contributed by atoms with Gasteiger partial charge >= 0.3 is 0 Å². The molecule has 1 aromatic carbocycles. The van der Waals surface area contributed by atoms with Gasteiger partial charge in [-0.3, -0.25) is 0 Å². The first-order valence-corrected chi connectivity index (χ1v) is 5.35. The molecule has 84 valence electrons. The number of rotatable bonds is 3. The fourth-order valence-electron chi connectivity index (χ4n) is 1.67. The Morgan fingerprint density at radius 3 is 2.88 bits per heavy atom. The summed E-state index contributed by atoms with van der Waals surface area (Å²) in [6, 6.07) is 10.2. The number of fused-ring (bicyclic) bond motifs is 1. The largest absolute Gasteiger partial charge is 0.320 e. The number of nitrogens with zero attached hydrogens (tertiary/aromatic N) is 4. The normalized spacial score (nSPS) is 10.6. The van der Waals surface area contributed by atoms with Gasteiger partial charge in [-0.15, -0.1) is 5.10 Å². The first kappa shape index (κ1) is 9.77. The van der Waals surface area contributed by atoms with Crippen LogP contribution in [0.15, 0.2) is 49.1 Å².